The van der Waals surface area contributed by atoms with Crippen molar-refractivity contribution in [2.45, 2.75) is 24.4 Å². The summed E-state index contributed by atoms with van der Waals surface area (Å²) in [6.45, 7) is 1.75. The number of alkyl halides is 1. The number of fused-ring (bicyclic) bond motifs is 2. The SMILES string of the molecule is CSc1c(F)c(C)c(-c2ccc3nc(NC(=O)C4CC4F)cn3c2)c2cn[nH]c12. The maximum absolute atomic E-state index is 15.0. The fraction of sp³-hybridized carbons (Fsp3) is 0.250. The number of H-pyrrole nitrogens is 1. The number of nitrogens with one attached hydrogen (secondary N) is 2. The lowest BCUT2D eigenvalue weighted by atomic mass is 9.97. The van der Waals surface area contributed by atoms with Gasteiger partial charge in [0, 0.05) is 17.1 Å². The Bertz CT molecular complexity index is 1280. The Morgan fingerprint density at radius 1 is 1.38 bits per heavy atom. The molecule has 2 unspecified atom stereocenters. The molecule has 1 aliphatic carbocycles. The first kappa shape index (κ1) is 18.1. The van der Waals surface area contributed by atoms with E-state index in [4.69, 9.17) is 0 Å². The summed E-state index contributed by atoms with van der Waals surface area (Å²) in [6, 6.07) is 3.66. The van der Waals surface area contributed by atoms with Crippen molar-refractivity contribution in [3.63, 3.8) is 0 Å². The Kier molecular flexibility index (Phi) is 4.09. The molecule has 4 aromatic rings. The van der Waals surface area contributed by atoms with E-state index >= 15 is 0 Å². The summed E-state index contributed by atoms with van der Waals surface area (Å²) in [6.07, 6.45) is 6.24. The van der Waals surface area contributed by atoms with Gasteiger partial charge in [-0.15, -0.1) is 11.8 Å². The number of hydrogen-bond donors (Lipinski definition) is 2. The van der Waals surface area contributed by atoms with Crippen LogP contribution in [0.2, 0.25) is 0 Å². The lowest BCUT2D eigenvalue weighted by Crippen LogP contribution is -2.15. The van der Waals surface area contributed by atoms with Crippen LogP contribution in [0.3, 0.4) is 0 Å². The molecule has 1 amide bonds. The number of benzene rings is 1. The molecular weight excluding hydrogens is 396 g/mol. The van der Waals surface area contributed by atoms with Crippen molar-refractivity contribution in [2.75, 3.05) is 11.6 Å². The molecule has 1 fully saturated rings. The van der Waals surface area contributed by atoms with E-state index < -0.39 is 12.1 Å². The van der Waals surface area contributed by atoms with Crippen LogP contribution in [0.5, 0.6) is 0 Å². The number of halogens is 2. The first-order valence-electron chi connectivity index (χ1n) is 9.11. The normalized spacial score (nSPS) is 18.5. The number of amides is 1. The summed E-state index contributed by atoms with van der Waals surface area (Å²) in [7, 11) is 0. The van der Waals surface area contributed by atoms with E-state index in [0.717, 1.165) is 16.5 Å². The van der Waals surface area contributed by atoms with Gasteiger partial charge in [-0.05, 0) is 42.9 Å². The van der Waals surface area contributed by atoms with Crippen LogP contribution in [0.25, 0.3) is 27.7 Å². The molecule has 3 aromatic heterocycles. The van der Waals surface area contributed by atoms with E-state index in [1.54, 1.807) is 29.8 Å². The van der Waals surface area contributed by atoms with E-state index in [1.807, 2.05) is 18.5 Å². The van der Waals surface area contributed by atoms with Crippen molar-refractivity contribution in [1.29, 1.82) is 0 Å². The van der Waals surface area contributed by atoms with Crippen LogP contribution in [0.4, 0.5) is 14.6 Å². The van der Waals surface area contributed by atoms with Crippen molar-refractivity contribution in [3.8, 4) is 11.1 Å². The molecule has 2 atom stereocenters. The van der Waals surface area contributed by atoms with Crippen molar-refractivity contribution in [3.05, 3.63) is 42.1 Å². The molecule has 1 saturated carbocycles. The second-order valence-electron chi connectivity index (χ2n) is 7.16. The second-order valence-corrected chi connectivity index (χ2v) is 7.98. The predicted molar refractivity (Wildman–Crippen MR) is 108 cm³/mol. The number of nitrogens with zero attached hydrogens (tertiary/aromatic N) is 3. The molecule has 5 rings (SSSR count). The van der Waals surface area contributed by atoms with Crippen molar-refractivity contribution in [2.24, 2.45) is 5.92 Å². The monoisotopic (exact) mass is 413 g/mol. The van der Waals surface area contributed by atoms with E-state index in [1.165, 1.54) is 11.8 Å². The summed E-state index contributed by atoms with van der Waals surface area (Å²) >= 11 is 1.34. The quantitative estimate of drug-likeness (QED) is 0.488. The smallest absolute Gasteiger partial charge is 0.231 e. The van der Waals surface area contributed by atoms with Crippen LogP contribution in [0.15, 0.2) is 35.6 Å². The van der Waals surface area contributed by atoms with Gasteiger partial charge in [0.25, 0.3) is 0 Å². The van der Waals surface area contributed by atoms with E-state index in [2.05, 4.69) is 20.5 Å². The third-order valence-electron chi connectivity index (χ3n) is 5.28. The zero-order valence-electron chi connectivity index (χ0n) is 15.7. The Labute approximate surface area is 168 Å². The maximum atomic E-state index is 15.0. The largest absolute Gasteiger partial charge is 0.309 e. The molecule has 0 saturated heterocycles. The standard InChI is InChI=1S/C20H17F2N5OS/c1-9-16(12-6-23-26-18(12)19(29-2)17(9)22)10-3-4-15-24-14(8-27(15)7-10)25-20(28)11-5-13(11)21/h3-4,6-8,11,13H,5H2,1-2H3,(H,23,26)(H,25,28). The number of aromatic amines is 1. The van der Waals surface area contributed by atoms with Gasteiger partial charge in [0.05, 0.1) is 28.7 Å². The minimum absolute atomic E-state index is 0.265. The molecule has 1 aromatic carbocycles. The number of pyridine rings is 1. The molecule has 29 heavy (non-hydrogen) atoms. The van der Waals surface area contributed by atoms with Crippen LogP contribution in [0.1, 0.15) is 12.0 Å². The number of rotatable bonds is 4. The molecular formula is C20H17F2N5OS. The fourth-order valence-electron chi connectivity index (χ4n) is 3.66. The second kappa shape index (κ2) is 6.55. The summed E-state index contributed by atoms with van der Waals surface area (Å²) in [4.78, 5) is 16.9. The highest BCUT2D eigenvalue weighted by molar-refractivity contribution is 7.98. The third-order valence-corrected chi connectivity index (χ3v) is 6.08. The lowest BCUT2D eigenvalue weighted by Gasteiger charge is -2.12. The topological polar surface area (TPSA) is 75.1 Å². The zero-order chi connectivity index (χ0) is 20.3. The van der Waals surface area contributed by atoms with Crippen molar-refractivity contribution >= 4 is 40.0 Å². The molecule has 6 nitrogen and oxygen atoms in total. The van der Waals surface area contributed by atoms with E-state index in [0.29, 0.717) is 27.4 Å². The summed E-state index contributed by atoms with van der Waals surface area (Å²) in [5.74, 6) is -0.842. The summed E-state index contributed by atoms with van der Waals surface area (Å²) in [5, 5.41) is 10.5. The van der Waals surface area contributed by atoms with Gasteiger partial charge in [-0.25, -0.2) is 13.8 Å². The van der Waals surface area contributed by atoms with Crippen molar-refractivity contribution in [1.82, 2.24) is 19.6 Å². The summed E-state index contributed by atoms with van der Waals surface area (Å²) < 4.78 is 29.8. The van der Waals surface area contributed by atoms with Gasteiger partial charge in [0.1, 0.15) is 17.6 Å². The molecule has 0 spiro atoms. The molecule has 9 heteroatoms. The van der Waals surface area contributed by atoms with Crippen LogP contribution in [-0.4, -0.2) is 37.9 Å². The number of thioether (sulfide) groups is 1. The number of imidazole rings is 1. The molecule has 0 bridgehead atoms. The van der Waals surface area contributed by atoms with Crippen LogP contribution in [0, 0.1) is 18.7 Å². The highest BCUT2D eigenvalue weighted by Gasteiger charge is 2.43. The highest BCUT2D eigenvalue weighted by Crippen LogP contribution is 2.39. The number of anilines is 1. The average molecular weight is 413 g/mol. The highest BCUT2D eigenvalue weighted by atomic mass is 32.2. The minimum atomic E-state index is -1.06. The van der Waals surface area contributed by atoms with E-state index in [9.17, 15) is 13.6 Å². The van der Waals surface area contributed by atoms with E-state index in [-0.39, 0.29) is 18.1 Å². The molecule has 3 heterocycles. The lowest BCUT2D eigenvalue weighted by molar-refractivity contribution is -0.117. The van der Waals surface area contributed by atoms with Gasteiger partial charge in [-0.1, -0.05) is 0 Å². The van der Waals surface area contributed by atoms with Gasteiger partial charge in [0.2, 0.25) is 5.91 Å². The number of hydrogen-bond acceptors (Lipinski definition) is 4. The predicted octanol–water partition coefficient (Wildman–Crippen LogP) is 4.34. The summed E-state index contributed by atoms with van der Waals surface area (Å²) in [5.41, 5.74) is 3.38. The Morgan fingerprint density at radius 2 is 2.17 bits per heavy atom. The third kappa shape index (κ3) is 2.88. The van der Waals surface area contributed by atoms with Crippen molar-refractivity contribution < 1.29 is 13.6 Å². The fourth-order valence-corrected chi connectivity index (χ4v) is 4.35. The zero-order valence-corrected chi connectivity index (χ0v) is 16.5. The van der Waals surface area contributed by atoms with Gasteiger partial charge < -0.3 is 9.72 Å². The average Bonchev–Trinajstić information content (AvgIpc) is 3.08. The molecule has 0 aliphatic heterocycles. The van der Waals surface area contributed by atoms with Gasteiger partial charge >= 0.3 is 0 Å². The number of carbonyl (C=O) groups excluding carboxylic acids is 1. The molecule has 0 radical (unpaired) electrons. The molecule has 2 N–H and O–H groups in total. The maximum Gasteiger partial charge on any atom is 0.231 e. The Balaban J connectivity index is 1.58. The van der Waals surface area contributed by atoms with Crippen LogP contribution in [-0.2, 0) is 4.79 Å². The van der Waals surface area contributed by atoms with Crippen LogP contribution < -0.4 is 5.32 Å². The first-order chi connectivity index (χ1) is 14.0. The molecule has 148 valence electrons. The van der Waals surface area contributed by atoms with Gasteiger partial charge in [-0.2, -0.15) is 5.10 Å². The first-order valence-corrected chi connectivity index (χ1v) is 10.3. The minimum Gasteiger partial charge on any atom is -0.309 e. The number of carbonyl (C=O) groups is 1. The van der Waals surface area contributed by atoms with Crippen LogP contribution >= 0.6 is 11.8 Å². The number of aromatic nitrogens is 4. The molecule has 1 aliphatic rings. The Hall–Kier alpha value is -2.94. The van der Waals surface area contributed by atoms with Gasteiger partial charge in [-0.3, -0.25) is 9.89 Å². The van der Waals surface area contributed by atoms with Gasteiger partial charge in [0.15, 0.2) is 5.82 Å². The Morgan fingerprint density at radius 3 is 2.90 bits per heavy atom.